The zero-order chi connectivity index (χ0) is 13.7. The number of aliphatic carboxylic acids is 1. The monoisotopic (exact) mass is 255 g/mol. The van der Waals surface area contributed by atoms with Crippen molar-refractivity contribution in [3.63, 3.8) is 0 Å². The lowest BCUT2D eigenvalue weighted by atomic mass is 10.1. The second-order valence-corrected chi connectivity index (χ2v) is 3.79. The Hall–Kier alpha value is -2.11. The van der Waals surface area contributed by atoms with Crippen LogP contribution in [0.1, 0.15) is 30.1 Å². The van der Waals surface area contributed by atoms with Crippen molar-refractivity contribution in [3.8, 4) is 5.75 Å². The highest BCUT2D eigenvalue weighted by Gasteiger charge is 2.23. The maximum Gasteiger partial charge on any atom is 0.326 e. The predicted octanol–water partition coefficient (Wildman–Crippen LogP) is 1.51. The Labute approximate surface area is 103 Å². The molecule has 98 valence electrons. The van der Waals surface area contributed by atoms with Gasteiger partial charge >= 0.3 is 5.97 Å². The molecule has 1 aromatic carbocycles. The van der Waals surface area contributed by atoms with E-state index in [2.05, 4.69) is 5.32 Å². The largest absolute Gasteiger partial charge is 0.507 e. The van der Waals surface area contributed by atoms with E-state index in [0.717, 1.165) is 12.1 Å². The molecule has 0 bridgehead atoms. The molecule has 18 heavy (non-hydrogen) atoms. The van der Waals surface area contributed by atoms with Gasteiger partial charge < -0.3 is 15.5 Å². The van der Waals surface area contributed by atoms with E-state index in [0.29, 0.717) is 6.42 Å². The highest BCUT2D eigenvalue weighted by molar-refractivity contribution is 5.99. The summed E-state index contributed by atoms with van der Waals surface area (Å²) in [5.41, 5.74) is -0.542. The van der Waals surface area contributed by atoms with E-state index in [-0.39, 0.29) is 6.42 Å². The molecule has 0 unspecified atom stereocenters. The van der Waals surface area contributed by atoms with Crippen LogP contribution in [0, 0.1) is 5.82 Å². The molecule has 0 saturated carbocycles. The Bertz CT molecular complexity index is 441. The van der Waals surface area contributed by atoms with E-state index >= 15 is 0 Å². The summed E-state index contributed by atoms with van der Waals surface area (Å²) < 4.78 is 13.4. The molecule has 0 aromatic heterocycles. The van der Waals surface area contributed by atoms with Crippen LogP contribution in [0.4, 0.5) is 4.39 Å². The fourth-order valence-electron chi connectivity index (χ4n) is 1.51. The highest BCUT2D eigenvalue weighted by atomic mass is 19.1. The number of phenolic OH excluding ortho intramolecular Hbond substituents is 1. The van der Waals surface area contributed by atoms with Crippen molar-refractivity contribution < 1.29 is 24.2 Å². The molecule has 0 saturated heterocycles. The first-order valence-electron chi connectivity index (χ1n) is 5.48. The summed E-state index contributed by atoms with van der Waals surface area (Å²) in [4.78, 5) is 22.6. The molecule has 1 atom stereocenters. The van der Waals surface area contributed by atoms with Gasteiger partial charge in [0.25, 0.3) is 5.91 Å². The van der Waals surface area contributed by atoms with Crippen LogP contribution in [-0.4, -0.2) is 28.1 Å². The van der Waals surface area contributed by atoms with E-state index in [1.54, 1.807) is 6.92 Å². The van der Waals surface area contributed by atoms with Gasteiger partial charge in [-0.3, -0.25) is 4.79 Å². The summed E-state index contributed by atoms with van der Waals surface area (Å²) in [5, 5.41) is 20.4. The standard InChI is InChI=1S/C12H14FNO4/c1-2-4-8(12(17)18)14-11(16)10-7(13)5-3-6-9(10)15/h3,5-6,8,15H,2,4H2,1H3,(H,14,16)(H,17,18)/t8-/m1/s1. The highest BCUT2D eigenvalue weighted by Crippen LogP contribution is 2.19. The molecule has 1 rings (SSSR count). The van der Waals surface area contributed by atoms with Gasteiger partial charge in [-0.2, -0.15) is 0 Å². The van der Waals surface area contributed by atoms with Gasteiger partial charge in [0.15, 0.2) is 0 Å². The summed E-state index contributed by atoms with van der Waals surface area (Å²) >= 11 is 0. The van der Waals surface area contributed by atoms with Crippen molar-refractivity contribution in [2.45, 2.75) is 25.8 Å². The molecule has 3 N–H and O–H groups in total. The maximum atomic E-state index is 13.4. The van der Waals surface area contributed by atoms with Crippen molar-refractivity contribution in [1.29, 1.82) is 0 Å². The van der Waals surface area contributed by atoms with E-state index in [4.69, 9.17) is 5.11 Å². The lowest BCUT2D eigenvalue weighted by Gasteiger charge is -2.14. The first-order valence-corrected chi connectivity index (χ1v) is 5.48. The summed E-state index contributed by atoms with van der Waals surface area (Å²) in [7, 11) is 0. The van der Waals surface area contributed by atoms with Crippen LogP contribution in [0.3, 0.4) is 0 Å². The third kappa shape index (κ3) is 3.19. The van der Waals surface area contributed by atoms with Gasteiger partial charge in [0.1, 0.15) is 23.2 Å². The summed E-state index contributed by atoms with van der Waals surface area (Å²) in [5.74, 6) is -3.55. The van der Waals surface area contributed by atoms with Crippen LogP contribution in [0.5, 0.6) is 5.75 Å². The van der Waals surface area contributed by atoms with E-state index < -0.39 is 35.0 Å². The normalized spacial score (nSPS) is 11.9. The molecule has 0 aliphatic heterocycles. The number of carboxylic acids is 1. The van der Waals surface area contributed by atoms with Crippen LogP contribution in [0.15, 0.2) is 18.2 Å². The third-order valence-electron chi connectivity index (χ3n) is 2.40. The molecule has 5 nitrogen and oxygen atoms in total. The molecule has 6 heteroatoms. The summed E-state index contributed by atoms with van der Waals surface area (Å²) in [6.45, 7) is 1.77. The van der Waals surface area contributed by atoms with Crippen LogP contribution in [-0.2, 0) is 4.79 Å². The lowest BCUT2D eigenvalue weighted by Crippen LogP contribution is -2.41. The van der Waals surface area contributed by atoms with E-state index in [1.165, 1.54) is 6.07 Å². The fourth-order valence-corrected chi connectivity index (χ4v) is 1.51. The quantitative estimate of drug-likeness (QED) is 0.744. The maximum absolute atomic E-state index is 13.4. The number of carbonyl (C=O) groups excluding carboxylic acids is 1. The van der Waals surface area contributed by atoms with Gasteiger partial charge in [-0.25, -0.2) is 9.18 Å². The minimum absolute atomic E-state index is 0.232. The second kappa shape index (κ2) is 6.00. The number of amides is 1. The average molecular weight is 255 g/mol. The number of phenols is 1. The number of aromatic hydroxyl groups is 1. The summed E-state index contributed by atoms with van der Waals surface area (Å²) in [6, 6.07) is 2.33. The number of carbonyl (C=O) groups is 2. The summed E-state index contributed by atoms with van der Waals surface area (Å²) in [6.07, 6.45) is 0.788. The van der Waals surface area contributed by atoms with Crippen LogP contribution >= 0.6 is 0 Å². The molecular weight excluding hydrogens is 241 g/mol. The number of hydrogen-bond acceptors (Lipinski definition) is 3. The van der Waals surface area contributed by atoms with Crippen LogP contribution < -0.4 is 5.32 Å². The van der Waals surface area contributed by atoms with E-state index in [1.807, 2.05) is 0 Å². The first kappa shape index (κ1) is 14.0. The molecule has 0 heterocycles. The molecule has 0 aliphatic carbocycles. The van der Waals surface area contributed by atoms with Gasteiger partial charge in [0.05, 0.1) is 0 Å². The van der Waals surface area contributed by atoms with Gasteiger partial charge in [-0.05, 0) is 18.6 Å². The van der Waals surface area contributed by atoms with Gasteiger partial charge in [0, 0.05) is 0 Å². The number of nitrogens with one attached hydrogen (secondary N) is 1. The Morgan fingerprint density at radius 2 is 2.11 bits per heavy atom. The number of carboxylic acid groups (broad SMARTS) is 1. The SMILES string of the molecule is CCC[C@@H](NC(=O)c1c(O)cccc1F)C(=O)O. The number of hydrogen-bond donors (Lipinski definition) is 3. The Balaban J connectivity index is 2.90. The van der Waals surface area contributed by atoms with Gasteiger partial charge in [0.2, 0.25) is 0 Å². The smallest absolute Gasteiger partial charge is 0.326 e. The minimum atomic E-state index is -1.19. The molecule has 0 fully saturated rings. The number of halogens is 1. The predicted molar refractivity (Wildman–Crippen MR) is 61.9 cm³/mol. The molecule has 1 amide bonds. The van der Waals surface area contributed by atoms with Crippen molar-refractivity contribution >= 4 is 11.9 Å². The second-order valence-electron chi connectivity index (χ2n) is 3.79. The van der Waals surface area contributed by atoms with Crippen molar-refractivity contribution in [3.05, 3.63) is 29.6 Å². The molecule has 1 aromatic rings. The molecule has 0 spiro atoms. The molecule has 0 aliphatic rings. The third-order valence-corrected chi connectivity index (χ3v) is 2.40. The zero-order valence-corrected chi connectivity index (χ0v) is 9.81. The zero-order valence-electron chi connectivity index (χ0n) is 9.81. The number of benzene rings is 1. The van der Waals surface area contributed by atoms with Crippen molar-refractivity contribution in [2.24, 2.45) is 0 Å². The Kier molecular flexibility index (Phi) is 4.65. The van der Waals surface area contributed by atoms with Crippen molar-refractivity contribution in [1.82, 2.24) is 5.32 Å². The fraction of sp³-hybridized carbons (Fsp3) is 0.333. The van der Waals surface area contributed by atoms with E-state index in [9.17, 15) is 19.1 Å². The lowest BCUT2D eigenvalue weighted by molar-refractivity contribution is -0.139. The first-order chi connectivity index (χ1) is 8.47. The topological polar surface area (TPSA) is 86.6 Å². The van der Waals surface area contributed by atoms with Crippen LogP contribution in [0.2, 0.25) is 0 Å². The number of rotatable bonds is 5. The Morgan fingerprint density at radius 3 is 2.61 bits per heavy atom. The van der Waals surface area contributed by atoms with Gasteiger partial charge in [-0.1, -0.05) is 19.4 Å². The molecule has 0 radical (unpaired) electrons. The van der Waals surface area contributed by atoms with Gasteiger partial charge in [-0.15, -0.1) is 0 Å². The van der Waals surface area contributed by atoms with Crippen molar-refractivity contribution in [2.75, 3.05) is 0 Å². The Morgan fingerprint density at radius 1 is 1.44 bits per heavy atom. The van der Waals surface area contributed by atoms with Crippen LogP contribution in [0.25, 0.3) is 0 Å². The minimum Gasteiger partial charge on any atom is -0.507 e. The average Bonchev–Trinajstić information content (AvgIpc) is 2.28. The molecular formula is C12H14FNO4.